The molecule has 0 N–H and O–H groups in total. The van der Waals surface area contributed by atoms with Crippen LogP contribution in [0.5, 0.6) is 0 Å². The first-order valence-corrected chi connectivity index (χ1v) is 6.44. The van der Waals surface area contributed by atoms with Crippen LogP contribution in [0, 0.1) is 0 Å². The van der Waals surface area contributed by atoms with Gasteiger partial charge in [0.2, 0.25) is 0 Å². The van der Waals surface area contributed by atoms with Gasteiger partial charge in [0.1, 0.15) is 0 Å². The van der Waals surface area contributed by atoms with Crippen LogP contribution in [0.3, 0.4) is 0 Å². The Morgan fingerprint density at radius 3 is 2.37 bits per heavy atom. The molecule has 0 heterocycles. The number of ether oxygens (including phenoxy) is 2. The molecule has 19 heavy (non-hydrogen) atoms. The van der Waals surface area contributed by atoms with Crippen LogP contribution in [0.2, 0.25) is 0 Å². The summed E-state index contributed by atoms with van der Waals surface area (Å²) in [5.74, 6) is -0.358. The normalized spacial score (nSPS) is 10.2. The summed E-state index contributed by atoms with van der Waals surface area (Å²) in [6, 6.07) is 7.22. The minimum absolute atomic E-state index is 0.0441. The van der Waals surface area contributed by atoms with E-state index in [9.17, 15) is 9.59 Å². The van der Waals surface area contributed by atoms with Crippen LogP contribution in [0.4, 0.5) is 0 Å². The molecule has 0 amide bonds. The van der Waals surface area contributed by atoms with Crippen molar-refractivity contribution in [2.24, 2.45) is 0 Å². The van der Waals surface area contributed by atoms with Gasteiger partial charge in [-0.15, -0.1) is 0 Å². The lowest BCUT2D eigenvalue weighted by Gasteiger charge is -2.04. The smallest absolute Gasteiger partial charge is 0.306 e. The van der Waals surface area contributed by atoms with Crippen molar-refractivity contribution >= 4 is 11.8 Å². The zero-order chi connectivity index (χ0) is 14.1. The first-order chi connectivity index (χ1) is 9.17. The van der Waals surface area contributed by atoms with Crippen LogP contribution in [0.15, 0.2) is 24.3 Å². The van der Waals surface area contributed by atoms with Crippen molar-refractivity contribution in [1.29, 1.82) is 0 Å². The summed E-state index contributed by atoms with van der Waals surface area (Å²) in [4.78, 5) is 23.1. The van der Waals surface area contributed by atoms with Crippen LogP contribution >= 0.6 is 0 Å². The minimum Gasteiger partial charge on any atom is -0.466 e. The Bertz CT molecular complexity index is 409. The SMILES string of the molecule is CCCOC(=O)CCC(=O)c1ccc(COC)cc1. The highest BCUT2D eigenvalue weighted by atomic mass is 16.5. The highest BCUT2D eigenvalue weighted by molar-refractivity contribution is 5.97. The third-order valence-electron chi connectivity index (χ3n) is 2.61. The van der Waals surface area contributed by atoms with E-state index in [1.54, 1.807) is 19.2 Å². The molecule has 0 aliphatic heterocycles. The van der Waals surface area contributed by atoms with Crippen molar-refractivity contribution in [2.75, 3.05) is 13.7 Å². The molecule has 0 fully saturated rings. The highest BCUT2D eigenvalue weighted by Crippen LogP contribution is 2.09. The first kappa shape index (κ1) is 15.4. The quantitative estimate of drug-likeness (QED) is 0.535. The standard InChI is InChI=1S/C15H20O4/c1-3-10-19-15(17)9-8-14(16)13-6-4-12(5-7-13)11-18-2/h4-7H,3,8-11H2,1-2H3. The van der Waals surface area contributed by atoms with Gasteiger partial charge in [0, 0.05) is 19.1 Å². The number of esters is 1. The van der Waals surface area contributed by atoms with Crippen LogP contribution in [0.25, 0.3) is 0 Å². The molecule has 4 nitrogen and oxygen atoms in total. The summed E-state index contributed by atoms with van der Waals surface area (Å²) < 4.78 is 9.92. The Morgan fingerprint density at radius 2 is 1.79 bits per heavy atom. The number of carbonyl (C=O) groups excluding carboxylic acids is 2. The van der Waals surface area contributed by atoms with E-state index in [4.69, 9.17) is 9.47 Å². The molecule has 0 aromatic heterocycles. The lowest BCUT2D eigenvalue weighted by Crippen LogP contribution is -2.08. The molecule has 0 atom stereocenters. The van der Waals surface area contributed by atoms with Crippen LogP contribution < -0.4 is 0 Å². The van der Waals surface area contributed by atoms with E-state index in [0.29, 0.717) is 18.8 Å². The number of ketones is 1. The largest absolute Gasteiger partial charge is 0.466 e. The van der Waals surface area contributed by atoms with Gasteiger partial charge >= 0.3 is 5.97 Å². The molecule has 0 aliphatic carbocycles. The van der Waals surface area contributed by atoms with Crippen LogP contribution in [-0.2, 0) is 20.9 Å². The van der Waals surface area contributed by atoms with E-state index in [2.05, 4.69) is 0 Å². The molecular formula is C15H20O4. The van der Waals surface area contributed by atoms with E-state index < -0.39 is 0 Å². The zero-order valence-corrected chi connectivity index (χ0v) is 11.5. The van der Waals surface area contributed by atoms with Crippen molar-refractivity contribution in [1.82, 2.24) is 0 Å². The number of Topliss-reactive ketones (excluding diaryl/α,β-unsaturated/α-hetero) is 1. The van der Waals surface area contributed by atoms with Gasteiger partial charge in [0.05, 0.1) is 19.6 Å². The summed E-state index contributed by atoms with van der Waals surface area (Å²) in [7, 11) is 1.63. The van der Waals surface area contributed by atoms with Gasteiger partial charge in [-0.05, 0) is 12.0 Å². The third kappa shape index (κ3) is 5.66. The monoisotopic (exact) mass is 264 g/mol. The Morgan fingerprint density at radius 1 is 1.11 bits per heavy atom. The Labute approximate surface area is 113 Å². The molecule has 1 rings (SSSR count). The maximum absolute atomic E-state index is 11.9. The minimum atomic E-state index is -0.314. The van der Waals surface area contributed by atoms with E-state index in [1.807, 2.05) is 19.1 Å². The molecule has 0 saturated heterocycles. The van der Waals surface area contributed by atoms with E-state index in [1.165, 1.54) is 0 Å². The topological polar surface area (TPSA) is 52.6 Å². The Kier molecular flexibility index (Phi) is 6.82. The molecular weight excluding hydrogens is 244 g/mol. The summed E-state index contributed by atoms with van der Waals surface area (Å²) in [6.07, 6.45) is 1.12. The average Bonchev–Trinajstić information content (AvgIpc) is 2.43. The molecule has 0 spiro atoms. The zero-order valence-electron chi connectivity index (χ0n) is 11.5. The van der Waals surface area contributed by atoms with Gasteiger partial charge in [-0.1, -0.05) is 31.2 Å². The van der Waals surface area contributed by atoms with E-state index in [-0.39, 0.29) is 24.6 Å². The third-order valence-corrected chi connectivity index (χ3v) is 2.61. The van der Waals surface area contributed by atoms with Crippen molar-refractivity contribution < 1.29 is 19.1 Å². The predicted octanol–water partition coefficient (Wildman–Crippen LogP) is 2.75. The number of carbonyl (C=O) groups is 2. The fourth-order valence-electron chi connectivity index (χ4n) is 1.60. The summed E-state index contributed by atoms with van der Waals surface area (Å²) >= 11 is 0. The first-order valence-electron chi connectivity index (χ1n) is 6.44. The number of methoxy groups -OCH3 is 1. The van der Waals surface area contributed by atoms with Gasteiger partial charge in [-0.3, -0.25) is 9.59 Å². The van der Waals surface area contributed by atoms with Gasteiger partial charge < -0.3 is 9.47 Å². The number of rotatable bonds is 8. The van der Waals surface area contributed by atoms with Crippen LogP contribution in [-0.4, -0.2) is 25.5 Å². The fraction of sp³-hybridized carbons (Fsp3) is 0.467. The molecule has 0 unspecified atom stereocenters. The second-order valence-electron chi connectivity index (χ2n) is 4.27. The molecule has 0 saturated carbocycles. The van der Waals surface area contributed by atoms with Crippen LogP contribution in [0.1, 0.15) is 42.1 Å². The van der Waals surface area contributed by atoms with Gasteiger partial charge in [0.15, 0.2) is 5.78 Å². The molecule has 104 valence electrons. The Balaban J connectivity index is 2.42. The van der Waals surface area contributed by atoms with Gasteiger partial charge in [-0.2, -0.15) is 0 Å². The lowest BCUT2D eigenvalue weighted by molar-refractivity contribution is -0.143. The number of benzene rings is 1. The summed E-state index contributed by atoms with van der Waals surface area (Å²) in [5.41, 5.74) is 1.63. The Hall–Kier alpha value is -1.68. The van der Waals surface area contributed by atoms with Crippen molar-refractivity contribution in [2.45, 2.75) is 32.8 Å². The maximum Gasteiger partial charge on any atom is 0.306 e. The molecule has 0 radical (unpaired) electrons. The number of hydrogen-bond acceptors (Lipinski definition) is 4. The fourth-order valence-corrected chi connectivity index (χ4v) is 1.60. The lowest BCUT2D eigenvalue weighted by atomic mass is 10.1. The second-order valence-corrected chi connectivity index (χ2v) is 4.27. The van der Waals surface area contributed by atoms with Gasteiger partial charge in [-0.25, -0.2) is 0 Å². The number of hydrogen-bond donors (Lipinski definition) is 0. The molecule has 1 aromatic rings. The van der Waals surface area contributed by atoms with Crippen molar-refractivity contribution in [3.05, 3.63) is 35.4 Å². The predicted molar refractivity (Wildman–Crippen MR) is 72.0 cm³/mol. The summed E-state index contributed by atoms with van der Waals surface area (Å²) in [6.45, 7) is 2.87. The van der Waals surface area contributed by atoms with Gasteiger partial charge in [0.25, 0.3) is 0 Å². The summed E-state index contributed by atoms with van der Waals surface area (Å²) in [5, 5.41) is 0. The van der Waals surface area contributed by atoms with Crippen molar-refractivity contribution in [3.8, 4) is 0 Å². The molecule has 1 aromatic carbocycles. The average molecular weight is 264 g/mol. The highest BCUT2D eigenvalue weighted by Gasteiger charge is 2.10. The molecule has 4 heteroatoms. The molecule has 0 aliphatic rings. The van der Waals surface area contributed by atoms with E-state index in [0.717, 1.165) is 12.0 Å². The maximum atomic E-state index is 11.9. The molecule has 0 bridgehead atoms. The van der Waals surface area contributed by atoms with Crippen molar-refractivity contribution in [3.63, 3.8) is 0 Å². The second kappa shape index (κ2) is 8.43. The van der Waals surface area contributed by atoms with E-state index >= 15 is 0 Å².